The summed E-state index contributed by atoms with van der Waals surface area (Å²) in [5.74, 6) is 0.652. The summed E-state index contributed by atoms with van der Waals surface area (Å²) in [6.07, 6.45) is 4.67. The third-order valence-electron chi connectivity index (χ3n) is 4.05. The topological polar surface area (TPSA) is 54.9 Å². The Bertz CT molecular complexity index is 696. The van der Waals surface area contributed by atoms with Gasteiger partial charge in [-0.2, -0.15) is 0 Å². The standard InChI is InChI=1S/C19H26N2O2/c1-14(2)10-6-4-9-13-17(22)18-15(3)20-21(19(18)23)16-11-7-5-8-12-16/h5,7-8,11-12,14,20H,4,6,9-10,13H2,1-3H3. The molecule has 0 spiro atoms. The lowest BCUT2D eigenvalue weighted by atomic mass is 10.0. The van der Waals surface area contributed by atoms with E-state index in [2.05, 4.69) is 18.9 Å². The molecule has 0 fully saturated rings. The minimum absolute atomic E-state index is 0.0528. The minimum Gasteiger partial charge on any atom is -0.295 e. The number of nitrogens with zero attached hydrogens (tertiary/aromatic N) is 1. The third kappa shape index (κ3) is 4.44. The molecule has 0 saturated heterocycles. The fourth-order valence-corrected chi connectivity index (χ4v) is 2.77. The summed E-state index contributed by atoms with van der Waals surface area (Å²) >= 11 is 0. The molecule has 0 amide bonds. The molecule has 0 atom stereocenters. The van der Waals surface area contributed by atoms with Crippen LogP contribution in [0.4, 0.5) is 0 Å². The molecule has 2 rings (SSSR count). The van der Waals surface area contributed by atoms with Crippen LogP contribution in [0.15, 0.2) is 35.1 Å². The molecule has 4 heteroatoms. The molecule has 1 aromatic heterocycles. The van der Waals surface area contributed by atoms with Crippen LogP contribution in [0.1, 0.15) is 62.0 Å². The Morgan fingerprint density at radius 2 is 1.83 bits per heavy atom. The van der Waals surface area contributed by atoms with E-state index in [1.165, 1.54) is 11.1 Å². The average Bonchev–Trinajstić information content (AvgIpc) is 2.82. The van der Waals surface area contributed by atoms with Gasteiger partial charge in [0.1, 0.15) is 5.56 Å². The van der Waals surface area contributed by atoms with Crippen molar-refractivity contribution >= 4 is 5.78 Å². The first kappa shape index (κ1) is 17.3. The number of ketones is 1. The van der Waals surface area contributed by atoms with E-state index in [1.807, 2.05) is 30.3 Å². The van der Waals surface area contributed by atoms with Crippen LogP contribution in [-0.2, 0) is 0 Å². The molecular formula is C19H26N2O2. The average molecular weight is 314 g/mol. The first-order valence-electron chi connectivity index (χ1n) is 8.41. The monoisotopic (exact) mass is 314 g/mol. The van der Waals surface area contributed by atoms with Gasteiger partial charge in [0, 0.05) is 12.1 Å². The van der Waals surface area contributed by atoms with Crippen molar-refractivity contribution < 1.29 is 4.79 Å². The second-order valence-corrected chi connectivity index (χ2v) is 6.50. The van der Waals surface area contributed by atoms with E-state index in [-0.39, 0.29) is 11.3 Å². The third-order valence-corrected chi connectivity index (χ3v) is 4.05. The van der Waals surface area contributed by atoms with E-state index in [0.29, 0.717) is 23.6 Å². The Balaban J connectivity index is 2.04. The maximum atomic E-state index is 12.5. The fraction of sp³-hybridized carbons (Fsp3) is 0.474. The SMILES string of the molecule is Cc1[nH]n(-c2ccccc2)c(=O)c1C(=O)CCCCCC(C)C. The molecular weight excluding hydrogens is 288 g/mol. The maximum absolute atomic E-state index is 12.5. The number of H-pyrrole nitrogens is 1. The number of benzene rings is 1. The van der Waals surface area contributed by atoms with Crippen molar-refractivity contribution in [3.05, 3.63) is 51.9 Å². The number of nitrogens with one attached hydrogen (secondary N) is 1. The molecule has 4 nitrogen and oxygen atoms in total. The zero-order valence-electron chi connectivity index (χ0n) is 14.3. The summed E-state index contributed by atoms with van der Waals surface area (Å²) in [4.78, 5) is 24.9. The maximum Gasteiger partial charge on any atom is 0.282 e. The van der Waals surface area contributed by atoms with E-state index >= 15 is 0 Å². The number of hydrogen-bond acceptors (Lipinski definition) is 2. The van der Waals surface area contributed by atoms with Gasteiger partial charge in [0.2, 0.25) is 0 Å². The van der Waals surface area contributed by atoms with Gasteiger partial charge in [0.15, 0.2) is 5.78 Å². The predicted molar refractivity (Wildman–Crippen MR) is 93.4 cm³/mol. The summed E-state index contributed by atoms with van der Waals surface area (Å²) < 4.78 is 1.45. The van der Waals surface area contributed by atoms with Gasteiger partial charge in [-0.25, -0.2) is 4.68 Å². The van der Waals surface area contributed by atoms with Gasteiger partial charge < -0.3 is 0 Å². The molecule has 0 radical (unpaired) electrons. The highest BCUT2D eigenvalue weighted by Crippen LogP contribution is 2.13. The molecule has 0 aliphatic rings. The Hall–Kier alpha value is -2.10. The molecule has 124 valence electrons. The van der Waals surface area contributed by atoms with Gasteiger partial charge in [0.25, 0.3) is 5.56 Å². The zero-order chi connectivity index (χ0) is 16.8. The number of rotatable bonds is 8. The van der Waals surface area contributed by atoms with E-state index in [0.717, 1.165) is 24.9 Å². The summed E-state index contributed by atoms with van der Waals surface area (Å²) in [5.41, 5.74) is 1.45. The predicted octanol–water partition coefficient (Wildman–Crippen LogP) is 4.26. The highest BCUT2D eigenvalue weighted by Gasteiger charge is 2.18. The van der Waals surface area contributed by atoms with Crippen LogP contribution < -0.4 is 5.56 Å². The number of carbonyl (C=O) groups is 1. The molecule has 0 aliphatic heterocycles. The Morgan fingerprint density at radius 1 is 1.13 bits per heavy atom. The fourth-order valence-electron chi connectivity index (χ4n) is 2.77. The van der Waals surface area contributed by atoms with Crippen LogP contribution in [0.25, 0.3) is 5.69 Å². The first-order chi connectivity index (χ1) is 11.0. The number of carbonyl (C=O) groups excluding carboxylic acids is 1. The summed E-state index contributed by atoms with van der Waals surface area (Å²) in [6, 6.07) is 9.32. The van der Waals surface area contributed by atoms with Gasteiger partial charge in [-0.15, -0.1) is 0 Å². The number of unbranched alkanes of at least 4 members (excludes halogenated alkanes) is 2. The zero-order valence-corrected chi connectivity index (χ0v) is 14.3. The van der Waals surface area contributed by atoms with Crippen LogP contribution >= 0.6 is 0 Å². The number of aromatic nitrogens is 2. The Kier molecular flexibility index (Phi) is 5.97. The van der Waals surface area contributed by atoms with Crippen LogP contribution in [0, 0.1) is 12.8 Å². The van der Waals surface area contributed by atoms with Gasteiger partial charge in [-0.3, -0.25) is 14.7 Å². The lowest BCUT2D eigenvalue weighted by Crippen LogP contribution is -2.20. The molecule has 1 heterocycles. The highest BCUT2D eigenvalue weighted by molar-refractivity contribution is 5.96. The summed E-state index contributed by atoms with van der Waals surface area (Å²) in [7, 11) is 0. The highest BCUT2D eigenvalue weighted by atomic mass is 16.2. The number of para-hydroxylation sites is 1. The van der Waals surface area contributed by atoms with Crippen molar-refractivity contribution in [1.29, 1.82) is 0 Å². The van der Waals surface area contributed by atoms with Crippen molar-refractivity contribution in [2.24, 2.45) is 5.92 Å². The van der Waals surface area contributed by atoms with Gasteiger partial charge >= 0.3 is 0 Å². The van der Waals surface area contributed by atoms with Crippen molar-refractivity contribution in [1.82, 2.24) is 9.78 Å². The van der Waals surface area contributed by atoms with Crippen LogP contribution in [0.5, 0.6) is 0 Å². The van der Waals surface area contributed by atoms with E-state index in [9.17, 15) is 9.59 Å². The number of aryl methyl sites for hydroxylation is 1. The smallest absolute Gasteiger partial charge is 0.282 e. The van der Waals surface area contributed by atoms with Crippen molar-refractivity contribution in [3.8, 4) is 5.69 Å². The van der Waals surface area contributed by atoms with Crippen LogP contribution in [0.3, 0.4) is 0 Å². The van der Waals surface area contributed by atoms with Crippen molar-refractivity contribution in [2.75, 3.05) is 0 Å². The summed E-state index contributed by atoms with van der Waals surface area (Å²) in [6.45, 7) is 6.20. The van der Waals surface area contributed by atoms with Gasteiger partial charge in [0.05, 0.1) is 5.69 Å². The molecule has 1 N–H and O–H groups in total. The Labute approximate surface area is 137 Å². The summed E-state index contributed by atoms with van der Waals surface area (Å²) in [5, 5.41) is 3.01. The normalized spacial score (nSPS) is 11.1. The van der Waals surface area contributed by atoms with Crippen molar-refractivity contribution in [3.63, 3.8) is 0 Å². The van der Waals surface area contributed by atoms with Gasteiger partial charge in [-0.05, 0) is 31.4 Å². The molecule has 1 aromatic carbocycles. The van der Waals surface area contributed by atoms with Crippen molar-refractivity contribution in [2.45, 2.75) is 52.9 Å². The first-order valence-corrected chi connectivity index (χ1v) is 8.41. The van der Waals surface area contributed by atoms with E-state index in [4.69, 9.17) is 0 Å². The lowest BCUT2D eigenvalue weighted by molar-refractivity contribution is 0.0977. The largest absolute Gasteiger partial charge is 0.295 e. The number of Topliss-reactive ketones (excluding diaryl/α,β-unsaturated/α-hetero) is 1. The van der Waals surface area contributed by atoms with Crippen LogP contribution in [0.2, 0.25) is 0 Å². The number of hydrogen-bond donors (Lipinski definition) is 1. The molecule has 0 unspecified atom stereocenters. The quantitative estimate of drug-likeness (QED) is 0.584. The van der Waals surface area contributed by atoms with Crippen LogP contribution in [-0.4, -0.2) is 15.6 Å². The lowest BCUT2D eigenvalue weighted by Gasteiger charge is -2.03. The number of aromatic amines is 1. The molecule has 0 bridgehead atoms. The second-order valence-electron chi connectivity index (χ2n) is 6.50. The minimum atomic E-state index is -0.249. The molecule has 23 heavy (non-hydrogen) atoms. The molecule has 2 aromatic rings. The Morgan fingerprint density at radius 3 is 2.48 bits per heavy atom. The molecule has 0 aliphatic carbocycles. The molecule has 0 saturated carbocycles. The van der Waals surface area contributed by atoms with E-state index in [1.54, 1.807) is 6.92 Å². The van der Waals surface area contributed by atoms with E-state index < -0.39 is 0 Å². The second kappa shape index (κ2) is 7.95. The van der Waals surface area contributed by atoms with Gasteiger partial charge in [-0.1, -0.05) is 51.3 Å².